The maximum absolute atomic E-state index is 11.9. The highest BCUT2D eigenvalue weighted by Crippen LogP contribution is 2.29. The van der Waals surface area contributed by atoms with Gasteiger partial charge in [-0.15, -0.1) is 0 Å². The van der Waals surface area contributed by atoms with Gasteiger partial charge < -0.3 is 15.5 Å². The number of nitro groups is 1. The molecule has 1 saturated carbocycles. The Hall–Kier alpha value is -3.23. The Morgan fingerprint density at radius 1 is 1.31 bits per heavy atom. The van der Waals surface area contributed by atoms with Gasteiger partial charge in [0.2, 0.25) is 11.8 Å². The molecule has 3 rings (SSSR count). The van der Waals surface area contributed by atoms with E-state index in [4.69, 9.17) is 0 Å². The SMILES string of the molecule is CN(C)C(=O)c1ccc(CNc2ncc([N+](=O)[O-])c(NC3CC3)n2)cc1. The minimum atomic E-state index is -0.491. The monoisotopic (exact) mass is 356 g/mol. The molecule has 0 bridgehead atoms. The standard InChI is InChI=1S/C17H20N6O3/c1-22(2)16(24)12-5-3-11(4-6-12)9-18-17-19-10-14(23(25)26)15(21-17)20-13-7-8-13/h3-6,10,13H,7-9H2,1-2H3,(H2,18,19,20,21). The average Bonchev–Trinajstić information content (AvgIpc) is 3.43. The predicted octanol–water partition coefficient (Wildman–Crippen LogP) is 2.27. The first-order valence-electron chi connectivity index (χ1n) is 8.26. The summed E-state index contributed by atoms with van der Waals surface area (Å²) in [5, 5.41) is 17.2. The van der Waals surface area contributed by atoms with Crippen LogP contribution in [0.4, 0.5) is 17.5 Å². The number of hydrogen-bond donors (Lipinski definition) is 2. The molecule has 1 heterocycles. The van der Waals surface area contributed by atoms with Crippen LogP contribution in [0.1, 0.15) is 28.8 Å². The van der Waals surface area contributed by atoms with Crippen LogP contribution >= 0.6 is 0 Å². The number of nitrogens with one attached hydrogen (secondary N) is 2. The molecule has 1 aliphatic carbocycles. The zero-order valence-corrected chi connectivity index (χ0v) is 14.6. The minimum Gasteiger partial charge on any atom is -0.361 e. The van der Waals surface area contributed by atoms with Crippen LogP contribution in [-0.4, -0.2) is 45.8 Å². The van der Waals surface area contributed by atoms with Crippen LogP contribution in [0.3, 0.4) is 0 Å². The van der Waals surface area contributed by atoms with Crippen LogP contribution in [0, 0.1) is 10.1 Å². The molecule has 0 radical (unpaired) electrons. The van der Waals surface area contributed by atoms with Gasteiger partial charge in [-0.1, -0.05) is 12.1 Å². The number of amides is 1. The Balaban J connectivity index is 1.67. The molecule has 0 unspecified atom stereocenters. The molecule has 136 valence electrons. The summed E-state index contributed by atoms with van der Waals surface area (Å²) in [7, 11) is 3.41. The van der Waals surface area contributed by atoms with E-state index in [2.05, 4.69) is 20.6 Å². The van der Waals surface area contributed by atoms with Crippen LogP contribution in [0.5, 0.6) is 0 Å². The highest BCUT2D eigenvalue weighted by Gasteiger charge is 2.26. The number of benzene rings is 1. The second-order valence-electron chi connectivity index (χ2n) is 6.35. The van der Waals surface area contributed by atoms with Gasteiger partial charge in [0.05, 0.1) is 4.92 Å². The van der Waals surface area contributed by atoms with Crippen molar-refractivity contribution in [3.63, 3.8) is 0 Å². The summed E-state index contributed by atoms with van der Waals surface area (Å²) < 4.78 is 0. The largest absolute Gasteiger partial charge is 0.361 e. The quantitative estimate of drug-likeness (QED) is 0.578. The van der Waals surface area contributed by atoms with Crippen molar-refractivity contribution in [3.05, 3.63) is 51.7 Å². The van der Waals surface area contributed by atoms with Gasteiger partial charge in [0.15, 0.2) is 0 Å². The Morgan fingerprint density at radius 2 is 2.00 bits per heavy atom. The van der Waals surface area contributed by atoms with Gasteiger partial charge in [0.25, 0.3) is 5.91 Å². The first-order valence-corrected chi connectivity index (χ1v) is 8.26. The fourth-order valence-electron chi connectivity index (χ4n) is 2.33. The first-order chi connectivity index (χ1) is 12.4. The van der Waals surface area contributed by atoms with Crippen LogP contribution in [0.25, 0.3) is 0 Å². The summed E-state index contributed by atoms with van der Waals surface area (Å²) in [4.78, 5) is 32.2. The maximum Gasteiger partial charge on any atom is 0.329 e. The molecule has 1 aromatic heterocycles. The zero-order chi connectivity index (χ0) is 18.7. The molecule has 2 N–H and O–H groups in total. The molecule has 1 amide bonds. The third kappa shape index (κ3) is 4.24. The van der Waals surface area contributed by atoms with Crippen LogP contribution in [0.15, 0.2) is 30.5 Å². The average molecular weight is 356 g/mol. The number of aromatic nitrogens is 2. The van der Waals surface area contributed by atoms with Crippen molar-refractivity contribution in [2.24, 2.45) is 0 Å². The second kappa shape index (κ2) is 7.34. The normalized spacial score (nSPS) is 13.2. The lowest BCUT2D eigenvalue weighted by Gasteiger charge is -2.11. The summed E-state index contributed by atoms with van der Waals surface area (Å²) in [5.74, 6) is 0.494. The molecule has 0 spiro atoms. The molecule has 2 aromatic rings. The molecular weight excluding hydrogens is 336 g/mol. The summed E-state index contributed by atoms with van der Waals surface area (Å²) >= 11 is 0. The van der Waals surface area contributed by atoms with E-state index in [0.29, 0.717) is 18.1 Å². The van der Waals surface area contributed by atoms with Crippen LogP contribution in [-0.2, 0) is 6.54 Å². The molecule has 0 aliphatic heterocycles. The van der Waals surface area contributed by atoms with Crippen molar-refractivity contribution in [1.29, 1.82) is 0 Å². The molecule has 9 heteroatoms. The Morgan fingerprint density at radius 3 is 2.58 bits per heavy atom. The van der Waals surface area contributed by atoms with Gasteiger partial charge in [-0.05, 0) is 30.5 Å². The number of carbonyl (C=O) groups is 1. The van der Waals surface area contributed by atoms with Gasteiger partial charge in [-0.2, -0.15) is 4.98 Å². The van der Waals surface area contributed by atoms with Gasteiger partial charge in [-0.25, -0.2) is 4.98 Å². The van der Waals surface area contributed by atoms with Crippen LogP contribution in [0.2, 0.25) is 0 Å². The lowest BCUT2D eigenvalue weighted by Crippen LogP contribution is -2.21. The number of hydrogen-bond acceptors (Lipinski definition) is 7. The van der Waals surface area contributed by atoms with Gasteiger partial charge >= 0.3 is 5.69 Å². The highest BCUT2D eigenvalue weighted by molar-refractivity contribution is 5.93. The van der Waals surface area contributed by atoms with Gasteiger partial charge in [-0.3, -0.25) is 14.9 Å². The first kappa shape index (κ1) is 17.6. The Bertz CT molecular complexity index is 818. The molecule has 1 aromatic carbocycles. The summed E-state index contributed by atoms with van der Waals surface area (Å²) in [5.41, 5.74) is 1.43. The van der Waals surface area contributed by atoms with E-state index in [1.54, 1.807) is 26.2 Å². The second-order valence-corrected chi connectivity index (χ2v) is 6.35. The highest BCUT2D eigenvalue weighted by atomic mass is 16.6. The smallest absolute Gasteiger partial charge is 0.329 e. The third-order valence-corrected chi connectivity index (χ3v) is 3.94. The lowest BCUT2D eigenvalue weighted by molar-refractivity contribution is -0.384. The van der Waals surface area contributed by atoms with Crippen molar-refractivity contribution in [2.75, 3.05) is 24.7 Å². The summed E-state index contributed by atoms with van der Waals surface area (Å²) in [6.45, 7) is 0.442. The summed E-state index contributed by atoms with van der Waals surface area (Å²) in [6.07, 6.45) is 3.18. The van der Waals surface area contributed by atoms with E-state index in [1.165, 1.54) is 11.1 Å². The molecular formula is C17H20N6O3. The van der Waals surface area contributed by atoms with E-state index in [1.807, 2.05) is 12.1 Å². The molecule has 0 atom stereocenters. The van der Waals surface area contributed by atoms with E-state index >= 15 is 0 Å². The topological polar surface area (TPSA) is 113 Å². The van der Waals surface area contributed by atoms with Crippen molar-refractivity contribution in [3.8, 4) is 0 Å². The molecule has 0 saturated heterocycles. The Kier molecular flexibility index (Phi) is 4.97. The lowest BCUT2D eigenvalue weighted by atomic mass is 10.1. The van der Waals surface area contributed by atoms with E-state index < -0.39 is 4.92 Å². The van der Waals surface area contributed by atoms with Crippen molar-refractivity contribution >= 4 is 23.4 Å². The molecule has 1 aliphatic rings. The van der Waals surface area contributed by atoms with Crippen LogP contribution < -0.4 is 10.6 Å². The van der Waals surface area contributed by atoms with Gasteiger partial charge in [0.1, 0.15) is 6.20 Å². The fourth-order valence-corrected chi connectivity index (χ4v) is 2.33. The number of nitrogens with zero attached hydrogens (tertiary/aromatic N) is 4. The maximum atomic E-state index is 11.9. The third-order valence-electron chi connectivity index (χ3n) is 3.94. The fraction of sp³-hybridized carbons (Fsp3) is 0.353. The van der Waals surface area contributed by atoms with Crippen molar-refractivity contribution in [2.45, 2.75) is 25.4 Å². The Labute approximate surface area is 150 Å². The number of rotatable bonds is 7. The zero-order valence-electron chi connectivity index (χ0n) is 14.6. The van der Waals surface area contributed by atoms with E-state index in [0.717, 1.165) is 18.4 Å². The van der Waals surface area contributed by atoms with Crippen molar-refractivity contribution < 1.29 is 9.72 Å². The molecule has 1 fully saturated rings. The van der Waals surface area contributed by atoms with Crippen molar-refractivity contribution in [1.82, 2.24) is 14.9 Å². The predicted molar refractivity (Wildman–Crippen MR) is 97.1 cm³/mol. The number of anilines is 2. The number of carbonyl (C=O) groups excluding carboxylic acids is 1. The molecule has 26 heavy (non-hydrogen) atoms. The van der Waals surface area contributed by atoms with Gasteiger partial charge in [0, 0.05) is 32.2 Å². The van der Waals surface area contributed by atoms with E-state index in [-0.39, 0.29) is 23.5 Å². The summed E-state index contributed by atoms with van der Waals surface area (Å²) in [6, 6.07) is 7.46. The van der Waals surface area contributed by atoms with E-state index in [9.17, 15) is 14.9 Å². The molecule has 9 nitrogen and oxygen atoms in total. The minimum absolute atomic E-state index is 0.0565.